The Hall–Kier alpha value is -0.120. The van der Waals surface area contributed by atoms with Crippen molar-refractivity contribution < 1.29 is 4.74 Å². The van der Waals surface area contributed by atoms with Crippen LogP contribution in [0.3, 0.4) is 0 Å². The van der Waals surface area contributed by atoms with Gasteiger partial charge >= 0.3 is 0 Å². The van der Waals surface area contributed by atoms with Gasteiger partial charge in [0.25, 0.3) is 0 Å². The average Bonchev–Trinajstić information content (AvgIpc) is 2.77. The highest BCUT2D eigenvalue weighted by molar-refractivity contribution is 4.78. The second-order valence-corrected chi connectivity index (χ2v) is 5.79. The third-order valence-electron chi connectivity index (χ3n) is 4.31. The fraction of sp³-hybridized carbons (Fsp3) is 1.00. The molecule has 2 rings (SSSR count). The van der Waals surface area contributed by atoms with Gasteiger partial charge in [-0.3, -0.25) is 0 Å². The molecule has 2 aliphatic heterocycles. The van der Waals surface area contributed by atoms with E-state index in [2.05, 4.69) is 24.2 Å². The molecule has 0 saturated carbocycles. The standard InChI is InChI=1S/C14H28N2O/c1-3-14-13(6-8-17-14)10-15-9-12-5-4-7-16(2)11-12/h12-15H,3-11H2,1-2H3. The third-order valence-corrected chi connectivity index (χ3v) is 4.31. The lowest BCUT2D eigenvalue weighted by Crippen LogP contribution is -2.39. The Morgan fingerprint density at radius 3 is 2.94 bits per heavy atom. The van der Waals surface area contributed by atoms with E-state index in [0.29, 0.717) is 6.10 Å². The van der Waals surface area contributed by atoms with Crippen molar-refractivity contribution in [2.45, 2.75) is 38.7 Å². The second kappa shape index (κ2) is 6.72. The van der Waals surface area contributed by atoms with Gasteiger partial charge < -0.3 is 15.0 Å². The summed E-state index contributed by atoms with van der Waals surface area (Å²) in [5.41, 5.74) is 0. The van der Waals surface area contributed by atoms with E-state index >= 15 is 0 Å². The molecule has 0 amide bonds. The minimum atomic E-state index is 0.511. The molecule has 3 atom stereocenters. The molecule has 3 heteroatoms. The van der Waals surface area contributed by atoms with Crippen molar-refractivity contribution in [1.82, 2.24) is 10.2 Å². The zero-order valence-corrected chi connectivity index (χ0v) is 11.5. The van der Waals surface area contributed by atoms with Crippen molar-refractivity contribution in [1.29, 1.82) is 0 Å². The van der Waals surface area contributed by atoms with Crippen LogP contribution >= 0.6 is 0 Å². The molecule has 3 unspecified atom stereocenters. The fourth-order valence-corrected chi connectivity index (χ4v) is 3.29. The molecule has 0 aromatic carbocycles. The number of nitrogens with zero attached hydrogens (tertiary/aromatic N) is 1. The molecule has 1 N–H and O–H groups in total. The summed E-state index contributed by atoms with van der Waals surface area (Å²) in [5, 5.41) is 3.68. The van der Waals surface area contributed by atoms with E-state index in [4.69, 9.17) is 4.74 Å². The normalized spacial score (nSPS) is 35.3. The molecule has 0 bridgehead atoms. The van der Waals surface area contributed by atoms with Crippen LogP contribution < -0.4 is 5.32 Å². The lowest BCUT2D eigenvalue weighted by Gasteiger charge is -2.30. The molecule has 100 valence electrons. The van der Waals surface area contributed by atoms with Gasteiger partial charge in [-0.2, -0.15) is 0 Å². The summed E-state index contributed by atoms with van der Waals surface area (Å²) in [6.07, 6.45) is 5.69. The molecular weight excluding hydrogens is 212 g/mol. The predicted octanol–water partition coefficient (Wildman–Crippen LogP) is 1.73. The Labute approximate surface area is 106 Å². The summed E-state index contributed by atoms with van der Waals surface area (Å²) in [4.78, 5) is 2.46. The number of piperidine rings is 1. The van der Waals surface area contributed by atoms with Gasteiger partial charge in [0.15, 0.2) is 0 Å². The van der Waals surface area contributed by atoms with Crippen LogP contribution in [0.25, 0.3) is 0 Å². The minimum absolute atomic E-state index is 0.511. The van der Waals surface area contributed by atoms with Gasteiger partial charge in [-0.05, 0) is 57.7 Å². The van der Waals surface area contributed by atoms with Gasteiger partial charge in [0.05, 0.1) is 6.10 Å². The van der Waals surface area contributed by atoms with Gasteiger partial charge in [-0.1, -0.05) is 6.92 Å². The van der Waals surface area contributed by atoms with Gasteiger partial charge in [0.1, 0.15) is 0 Å². The monoisotopic (exact) mass is 240 g/mol. The van der Waals surface area contributed by atoms with Gasteiger partial charge in [-0.25, -0.2) is 0 Å². The van der Waals surface area contributed by atoms with E-state index in [-0.39, 0.29) is 0 Å². The molecule has 0 aromatic heterocycles. The van der Waals surface area contributed by atoms with E-state index in [1.807, 2.05) is 0 Å². The quantitative estimate of drug-likeness (QED) is 0.792. The minimum Gasteiger partial charge on any atom is -0.378 e. The molecule has 0 aromatic rings. The highest BCUT2D eigenvalue weighted by Crippen LogP contribution is 2.22. The van der Waals surface area contributed by atoms with Crippen LogP contribution in [0.4, 0.5) is 0 Å². The maximum absolute atomic E-state index is 5.73. The number of hydrogen-bond donors (Lipinski definition) is 1. The highest BCUT2D eigenvalue weighted by Gasteiger charge is 2.26. The molecule has 0 radical (unpaired) electrons. The molecular formula is C14H28N2O. The number of ether oxygens (including phenoxy) is 1. The number of rotatable bonds is 5. The van der Waals surface area contributed by atoms with Crippen LogP contribution in [0.5, 0.6) is 0 Å². The van der Waals surface area contributed by atoms with Crippen molar-refractivity contribution >= 4 is 0 Å². The Bertz CT molecular complexity index is 222. The molecule has 17 heavy (non-hydrogen) atoms. The first-order valence-electron chi connectivity index (χ1n) is 7.30. The molecule has 0 aliphatic carbocycles. The van der Waals surface area contributed by atoms with Crippen molar-refractivity contribution in [3.63, 3.8) is 0 Å². The summed E-state index contributed by atoms with van der Waals surface area (Å²) >= 11 is 0. The lowest BCUT2D eigenvalue weighted by molar-refractivity contribution is 0.0866. The van der Waals surface area contributed by atoms with Crippen LogP contribution in [-0.4, -0.2) is 50.8 Å². The summed E-state index contributed by atoms with van der Waals surface area (Å²) in [6, 6.07) is 0. The maximum atomic E-state index is 5.73. The predicted molar refractivity (Wildman–Crippen MR) is 71.2 cm³/mol. The van der Waals surface area contributed by atoms with Crippen LogP contribution in [0.2, 0.25) is 0 Å². The first-order chi connectivity index (χ1) is 8.29. The lowest BCUT2D eigenvalue weighted by atomic mass is 9.97. The maximum Gasteiger partial charge on any atom is 0.0613 e. The van der Waals surface area contributed by atoms with E-state index < -0.39 is 0 Å². The van der Waals surface area contributed by atoms with Crippen LogP contribution in [-0.2, 0) is 4.74 Å². The van der Waals surface area contributed by atoms with Crippen LogP contribution in [0, 0.1) is 11.8 Å². The Morgan fingerprint density at radius 1 is 1.29 bits per heavy atom. The van der Waals surface area contributed by atoms with E-state index in [1.54, 1.807) is 0 Å². The first-order valence-corrected chi connectivity index (χ1v) is 7.30. The van der Waals surface area contributed by atoms with E-state index in [1.165, 1.54) is 45.3 Å². The van der Waals surface area contributed by atoms with Crippen LogP contribution in [0.1, 0.15) is 32.6 Å². The summed E-state index contributed by atoms with van der Waals surface area (Å²) in [5.74, 6) is 1.61. The number of nitrogens with one attached hydrogen (secondary N) is 1. The Morgan fingerprint density at radius 2 is 2.18 bits per heavy atom. The fourth-order valence-electron chi connectivity index (χ4n) is 3.29. The van der Waals surface area contributed by atoms with Crippen molar-refractivity contribution in [2.24, 2.45) is 11.8 Å². The zero-order valence-electron chi connectivity index (χ0n) is 11.5. The van der Waals surface area contributed by atoms with Gasteiger partial charge in [0.2, 0.25) is 0 Å². The first kappa shape index (κ1) is 13.3. The van der Waals surface area contributed by atoms with Crippen molar-refractivity contribution in [3.8, 4) is 0 Å². The highest BCUT2D eigenvalue weighted by atomic mass is 16.5. The average molecular weight is 240 g/mol. The topological polar surface area (TPSA) is 24.5 Å². The van der Waals surface area contributed by atoms with Crippen molar-refractivity contribution in [2.75, 3.05) is 39.8 Å². The smallest absolute Gasteiger partial charge is 0.0613 e. The molecule has 2 aliphatic rings. The summed E-state index contributed by atoms with van der Waals surface area (Å²) < 4.78 is 5.73. The molecule has 3 nitrogen and oxygen atoms in total. The Kier molecular flexibility index (Phi) is 5.26. The number of hydrogen-bond acceptors (Lipinski definition) is 3. The summed E-state index contributed by atoms with van der Waals surface area (Å²) in [7, 11) is 2.24. The largest absolute Gasteiger partial charge is 0.378 e. The Balaban J connectivity index is 1.62. The molecule has 2 heterocycles. The number of likely N-dealkylation sites (tertiary alicyclic amines) is 1. The van der Waals surface area contributed by atoms with E-state index in [0.717, 1.165) is 25.0 Å². The van der Waals surface area contributed by atoms with E-state index in [9.17, 15) is 0 Å². The van der Waals surface area contributed by atoms with Gasteiger partial charge in [-0.15, -0.1) is 0 Å². The molecule has 2 saturated heterocycles. The molecule has 2 fully saturated rings. The second-order valence-electron chi connectivity index (χ2n) is 5.79. The van der Waals surface area contributed by atoms with Gasteiger partial charge in [0, 0.05) is 19.7 Å². The zero-order chi connectivity index (χ0) is 12.1. The summed E-state index contributed by atoms with van der Waals surface area (Å²) in [6.45, 7) is 8.10. The SMILES string of the molecule is CCC1OCCC1CNCC1CCCN(C)C1. The third kappa shape index (κ3) is 3.94. The van der Waals surface area contributed by atoms with Crippen LogP contribution in [0.15, 0.2) is 0 Å². The molecule has 0 spiro atoms. The van der Waals surface area contributed by atoms with Crippen molar-refractivity contribution in [3.05, 3.63) is 0 Å².